The molecule has 0 bridgehead atoms. The van der Waals surface area contributed by atoms with E-state index in [2.05, 4.69) is 13.8 Å². The molecule has 0 aliphatic rings. The molecule has 0 fully saturated rings. The van der Waals surface area contributed by atoms with Gasteiger partial charge in [0.05, 0.1) is 12.4 Å². The topological polar surface area (TPSA) is 43.4 Å². The molecule has 0 saturated carbocycles. The Morgan fingerprint density at radius 1 is 0.520 bits per heavy atom. The third kappa shape index (κ3) is 20.1. The molecule has 0 saturated heterocycles. The van der Waals surface area contributed by atoms with Crippen LogP contribution in [0.2, 0.25) is 0 Å². The van der Waals surface area contributed by atoms with Gasteiger partial charge in [-0.25, -0.2) is 0 Å². The summed E-state index contributed by atoms with van der Waals surface area (Å²) in [4.78, 5) is 0. The highest BCUT2D eigenvalue weighted by molar-refractivity contribution is 7.86. The summed E-state index contributed by atoms with van der Waals surface area (Å²) in [7, 11) is -3.28. The van der Waals surface area contributed by atoms with E-state index in [1.165, 1.54) is 70.6 Å². The van der Waals surface area contributed by atoms with Crippen molar-refractivity contribution in [3.8, 4) is 0 Å². The van der Waals surface area contributed by atoms with Crippen molar-refractivity contribution >= 4 is 10.1 Å². The summed E-state index contributed by atoms with van der Waals surface area (Å²) in [5, 5.41) is 0. The summed E-state index contributed by atoms with van der Waals surface area (Å²) in [6, 6.07) is 0. The Morgan fingerprint density at radius 3 is 1.32 bits per heavy atom. The Bertz CT molecular complexity index is 352. The molecule has 0 spiro atoms. The highest BCUT2D eigenvalue weighted by atomic mass is 32.2. The van der Waals surface area contributed by atoms with E-state index in [0.717, 1.165) is 38.5 Å². The van der Waals surface area contributed by atoms with Crippen molar-refractivity contribution in [3.63, 3.8) is 0 Å². The molecule has 0 aromatic rings. The summed E-state index contributed by atoms with van der Waals surface area (Å²) < 4.78 is 28.4. The summed E-state index contributed by atoms with van der Waals surface area (Å²) in [5.41, 5.74) is 0. The van der Waals surface area contributed by atoms with Crippen molar-refractivity contribution < 1.29 is 12.6 Å². The first-order chi connectivity index (χ1) is 12.1. The number of rotatable bonds is 20. The van der Waals surface area contributed by atoms with Gasteiger partial charge < -0.3 is 0 Å². The van der Waals surface area contributed by atoms with Crippen LogP contribution in [-0.2, 0) is 14.3 Å². The summed E-state index contributed by atoms with van der Waals surface area (Å²) >= 11 is 0. The Labute approximate surface area is 158 Å². The average Bonchev–Trinajstić information content (AvgIpc) is 2.59. The zero-order chi connectivity index (χ0) is 18.6. The van der Waals surface area contributed by atoms with Crippen LogP contribution in [0.1, 0.15) is 123 Å². The monoisotopic (exact) mass is 376 g/mol. The third-order valence-electron chi connectivity index (χ3n) is 4.76. The van der Waals surface area contributed by atoms with Gasteiger partial charge in [0, 0.05) is 0 Å². The molecule has 0 aliphatic carbocycles. The zero-order valence-corrected chi connectivity index (χ0v) is 17.9. The first-order valence-corrected chi connectivity index (χ1v) is 12.6. The minimum atomic E-state index is -3.28. The molecule has 0 amide bonds. The van der Waals surface area contributed by atoms with Gasteiger partial charge in [0.25, 0.3) is 10.1 Å². The molecule has 0 radical (unpaired) electrons. The molecule has 0 N–H and O–H groups in total. The second-order valence-electron chi connectivity index (χ2n) is 7.39. The van der Waals surface area contributed by atoms with Gasteiger partial charge in [0.1, 0.15) is 0 Å². The van der Waals surface area contributed by atoms with Gasteiger partial charge in [-0.3, -0.25) is 4.18 Å². The Kier molecular flexibility index (Phi) is 18.6. The van der Waals surface area contributed by atoms with Gasteiger partial charge in [-0.2, -0.15) is 8.42 Å². The lowest BCUT2D eigenvalue weighted by molar-refractivity contribution is 0.307. The van der Waals surface area contributed by atoms with Crippen molar-refractivity contribution in [2.75, 3.05) is 12.4 Å². The second-order valence-corrected chi connectivity index (χ2v) is 9.15. The predicted octanol–water partition coefficient (Wildman–Crippen LogP) is 7.00. The Hall–Kier alpha value is -0.0900. The van der Waals surface area contributed by atoms with Gasteiger partial charge in [0.2, 0.25) is 0 Å². The largest absolute Gasteiger partial charge is 0.270 e. The molecule has 0 aromatic heterocycles. The molecule has 25 heavy (non-hydrogen) atoms. The maximum atomic E-state index is 11.7. The fourth-order valence-electron chi connectivity index (χ4n) is 3.07. The molecule has 0 rings (SSSR count). The average molecular weight is 377 g/mol. The van der Waals surface area contributed by atoms with Gasteiger partial charge >= 0.3 is 0 Å². The predicted molar refractivity (Wildman–Crippen MR) is 110 cm³/mol. The molecular weight excluding hydrogens is 332 g/mol. The van der Waals surface area contributed by atoms with E-state index in [4.69, 9.17) is 4.18 Å². The molecular formula is C21H44O3S. The molecule has 0 heterocycles. The van der Waals surface area contributed by atoms with E-state index < -0.39 is 10.1 Å². The van der Waals surface area contributed by atoms with Gasteiger partial charge in [-0.05, 0) is 12.8 Å². The van der Waals surface area contributed by atoms with Crippen LogP contribution in [0.25, 0.3) is 0 Å². The van der Waals surface area contributed by atoms with Crippen molar-refractivity contribution in [1.82, 2.24) is 0 Å². The van der Waals surface area contributed by atoms with E-state index in [1.54, 1.807) is 0 Å². The first-order valence-electron chi connectivity index (χ1n) is 11.0. The number of hydrogen-bond acceptors (Lipinski definition) is 3. The lowest BCUT2D eigenvalue weighted by Gasteiger charge is -2.05. The van der Waals surface area contributed by atoms with E-state index >= 15 is 0 Å². The van der Waals surface area contributed by atoms with E-state index in [9.17, 15) is 8.42 Å². The minimum Gasteiger partial charge on any atom is -0.270 e. The summed E-state index contributed by atoms with van der Waals surface area (Å²) in [6.45, 7) is 4.72. The van der Waals surface area contributed by atoms with Crippen molar-refractivity contribution in [1.29, 1.82) is 0 Å². The van der Waals surface area contributed by atoms with Crippen molar-refractivity contribution in [2.24, 2.45) is 0 Å². The smallest absolute Gasteiger partial charge is 0.267 e. The second kappa shape index (κ2) is 18.7. The molecule has 0 atom stereocenters. The maximum absolute atomic E-state index is 11.7. The van der Waals surface area contributed by atoms with Crippen LogP contribution in [0.5, 0.6) is 0 Å². The standard InChI is InChI=1S/C21H44O3S/c1-3-5-7-8-9-10-11-12-13-14-15-16-17-19-21-25(22,23)24-20-18-6-4-2/h3-21H2,1-2H3. The SMILES string of the molecule is CCCCCCCCCCCCCCCCS(=O)(=O)OCCCCC. The molecule has 3 nitrogen and oxygen atoms in total. The maximum Gasteiger partial charge on any atom is 0.267 e. The first kappa shape index (κ1) is 24.9. The summed E-state index contributed by atoms with van der Waals surface area (Å²) in [5.74, 6) is 0.192. The van der Waals surface area contributed by atoms with Crippen LogP contribution in [0.3, 0.4) is 0 Å². The Morgan fingerprint density at radius 2 is 0.880 bits per heavy atom. The molecule has 0 unspecified atom stereocenters. The quantitative estimate of drug-likeness (QED) is 0.170. The van der Waals surface area contributed by atoms with Crippen LogP contribution in [0, 0.1) is 0 Å². The third-order valence-corrected chi connectivity index (χ3v) is 6.07. The van der Waals surface area contributed by atoms with E-state index in [-0.39, 0.29) is 5.75 Å². The van der Waals surface area contributed by atoms with Crippen molar-refractivity contribution in [3.05, 3.63) is 0 Å². The summed E-state index contributed by atoms with van der Waals surface area (Å²) in [6.07, 6.45) is 20.9. The Balaban J connectivity index is 3.25. The van der Waals surface area contributed by atoms with Crippen LogP contribution in [0.15, 0.2) is 0 Å². The van der Waals surface area contributed by atoms with Crippen LogP contribution < -0.4 is 0 Å². The highest BCUT2D eigenvalue weighted by Crippen LogP contribution is 2.13. The fourth-order valence-corrected chi connectivity index (χ4v) is 4.12. The van der Waals surface area contributed by atoms with Crippen LogP contribution in [-0.4, -0.2) is 20.8 Å². The van der Waals surface area contributed by atoms with Gasteiger partial charge in [-0.15, -0.1) is 0 Å². The van der Waals surface area contributed by atoms with E-state index in [0.29, 0.717) is 6.61 Å². The van der Waals surface area contributed by atoms with E-state index in [1.807, 2.05) is 0 Å². The van der Waals surface area contributed by atoms with Crippen LogP contribution >= 0.6 is 0 Å². The lowest BCUT2D eigenvalue weighted by Crippen LogP contribution is -2.11. The molecule has 0 aromatic carbocycles. The van der Waals surface area contributed by atoms with Crippen molar-refractivity contribution in [2.45, 2.75) is 123 Å². The zero-order valence-electron chi connectivity index (χ0n) is 17.1. The molecule has 152 valence electrons. The molecule has 4 heteroatoms. The van der Waals surface area contributed by atoms with Gasteiger partial charge in [0.15, 0.2) is 0 Å². The highest BCUT2D eigenvalue weighted by Gasteiger charge is 2.10. The number of hydrogen-bond donors (Lipinski definition) is 0. The number of unbranched alkanes of at least 4 members (excludes halogenated alkanes) is 15. The fraction of sp³-hybridized carbons (Fsp3) is 1.00. The van der Waals surface area contributed by atoms with Crippen LogP contribution in [0.4, 0.5) is 0 Å². The molecule has 0 aliphatic heterocycles. The lowest BCUT2D eigenvalue weighted by atomic mass is 10.0. The minimum absolute atomic E-state index is 0.192. The van der Waals surface area contributed by atoms with Gasteiger partial charge in [-0.1, -0.05) is 110 Å². The normalized spacial score (nSPS) is 11.9.